The van der Waals surface area contributed by atoms with E-state index < -0.39 is 0 Å². The van der Waals surface area contributed by atoms with Gasteiger partial charge in [0.2, 0.25) is 11.8 Å². The van der Waals surface area contributed by atoms with Crippen LogP contribution >= 0.6 is 0 Å². The van der Waals surface area contributed by atoms with Crippen molar-refractivity contribution in [2.45, 2.75) is 83.3 Å². The topological polar surface area (TPSA) is 75.4 Å². The van der Waals surface area contributed by atoms with E-state index in [0.717, 1.165) is 62.6 Å². The van der Waals surface area contributed by atoms with Crippen LogP contribution < -0.4 is 11.1 Å². The minimum atomic E-state index is 0.0664. The molecule has 0 radical (unpaired) electrons. The molecule has 0 bridgehead atoms. The van der Waals surface area contributed by atoms with Crippen LogP contribution in [0.1, 0.15) is 70.3 Å². The normalized spacial score (nSPS) is 23.6. The fourth-order valence-electron chi connectivity index (χ4n) is 4.49. The number of rotatable bonds is 5. The van der Waals surface area contributed by atoms with Crippen LogP contribution in [0.25, 0.3) is 0 Å². The summed E-state index contributed by atoms with van der Waals surface area (Å²) in [5, 5.41) is 3.05. The first-order valence-corrected chi connectivity index (χ1v) is 10.5. The lowest BCUT2D eigenvalue weighted by atomic mass is 9.88. The maximum atomic E-state index is 12.4. The van der Waals surface area contributed by atoms with Crippen molar-refractivity contribution >= 4 is 17.5 Å². The number of carbonyl (C=O) groups is 2. The second-order valence-corrected chi connectivity index (χ2v) is 8.18. The number of carbonyl (C=O) groups excluding carboxylic acids is 2. The summed E-state index contributed by atoms with van der Waals surface area (Å²) >= 11 is 0. The van der Waals surface area contributed by atoms with Gasteiger partial charge in [0, 0.05) is 37.2 Å². The molecule has 0 spiro atoms. The van der Waals surface area contributed by atoms with Crippen molar-refractivity contribution < 1.29 is 9.59 Å². The molecule has 3 rings (SSSR count). The molecule has 0 saturated heterocycles. The molecule has 2 unspecified atom stereocenters. The van der Waals surface area contributed by atoms with Crippen LogP contribution in [-0.2, 0) is 16.1 Å². The molecule has 2 aliphatic carbocycles. The minimum absolute atomic E-state index is 0.0664. The SMILES string of the molecule is CC(=O)N(Cc1ccc(NC(=O)C2CCCCC2)cc1)C1CCCCC1N. The van der Waals surface area contributed by atoms with Crippen LogP contribution in [0.3, 0.4) is 0 Å². The highest BCUT2D eigenvalue weighted by Crippen LogP contribution is 2.26. The number of hydrogen-bond donors (Lipinski definition) is 2. The van der Waals surface area contributed by atoms with E-state index in [0.29, 0.717) is 6.54 Å². The third-order valence-corrected chi connectivity index (χ3v) is 6.14. The van der Waals surface area contributed by atoms with Gasteiger partial charge >= 0.3 is 0 Å². The van der Waals surface area contributed by atoms with E-state index in [1.165, 1.54) is 6.42 Å². The minimum Gasteiger partial charge on any atom is -0.334 e. The molecule has 2 saturated carbocycles. The van der Waals surface area contributed by atoms with E-state index >= 15 is 0 Å². The monoisotopic (exact) mass is 371 g/mol. The van der Waals surface area contributed by atoms with Crippen molar-refractivity contribution in [1.82, 2.24) is 4.90 Å². The number of anilines is 1. The van der Waals surface area contributed by atoms with E-state index in [4.69, 9.17) is 5.73 Å². The smallest absolute Gasteiger partial charge is 0.227 e. The highest BCUT2D eigenvalue weighted by atomic mass is 16.2. The maximum absolute atomic E-state index is 12.4. The molecular weight excluding hydrogens is 338 g/mol. The summed E-state index contributed by atoms with van der Waals surface area (Å²) in [7, 11) is 0. The Morgan fingerprint density at radius 1 is 1.00 bits per heavy atom. The lowest BCUT2D eigenvalue weighted by Crippen LogP contribution is -2.50. The van der Waals surface area contributed by atoms with Crippen LogP contribution in [0, 0.1) is 5.92 Å². The molecule has 5 heteroatoms. The van der Waals surface area contributed by atoms with E-state index in [-0.39, 0.29) is 29.8 Å². The van der Waals surface area contributed by atoms with Crippen molar-refractivity contribution in [1.29, 1.82) is 0 Å². The summed E-state index contributed by atoms with van der Waals surface area (Å²) in [5.74, 6) is 0.368. The van der Waals surface area contributed by atoms with Gasteiger partial charge in [0.1, 0.15) is 0 Å². The van der Waals surface area contributed by atoms with Crippen molar-refractivity contribution in [3.63, 3.8) is 0 Å². The van der Waals surface area contributed by atoms with Gasteiger partial charge in [-0.05, 0) is 43.4 Å². The highest BCUT2D eigenvalue weighted by molar-refractivity contribution is 5.92. The number of hydrogen-bond acceptors (Lipinski definition) is 3. The average molecular weight is 372 g/mol. The molecule has 5 nitrogen and oxygen atoms in total. The molecule has 3 N–H and O–H groups in total. The zero-order valence-corrected chi connectivity index (χ0v) is 16.5. The van der Waals surface area contributed by atoms with E-state index in [9.17, 15) is 9.59 Å². The fraction of sp³-hybridized carbons (Fsp3) is 0.636. The van der Waals surface area contributed by atoms with E-state index in [1.807, 2.05) is 29.2 Å². The summed E-state index contributed by atoms with van der Waals surface area (Å²) in [4.78, 5) is 26.5. The quantitative estimate of drug-likeness (QED) is 0.826. The third kappa shape index (κ3) is 5.32. The van der Waals surface area contributed by atoms with Gasteiger partial charge in [-0.15, -0.1) is 0 Å². The molecule has 1 aromatic rings. The van der Waals surface area contributed by atoms with Crippen molar-refractivity contribution in [2.75, 3.05) is 5.32 Å². The molecular formula is C22H33N3O2. The second-order valence-electron chi connectivity index (χ2n) is 8.18. The molecule has 2 amide bonds. The van der Waals surface area contributed by atoms with Gasteiger partial charge in [0.15, 0.2) is 0 Å². The van der Waals surface area contributed by atoms with Crippen LogP contribution in [0.4, 0.5) is 5.69 Å². The van der Waals surface area contributed by atoms with Gasteiger partial charge in [-0.1, -0.05) is 44.2 Å². The van der Waals surface area contributed by atoms with Gasteiger partial charge in [-0.2, -0.15) is 0 Å². The predicted molar refractivity (Wildman–Crippen MR) is 108 cm³/mol. The molecule has 0 aliphatic heterocycles. The van der Waals surface area contributed by atoms with Crippen molar-refractivity contribution in [3.05, 3.63) is 29.8 Å². The number of amides is 2. The Hall–Kier alpha value is -1.88. The molecule has 0 aromatic heterocycles. The number of benzene rings is 1. The molecule has 1 aromatic carbocycles. The summed E-state index contributed by atoms with van der Waals surface area (Å²) in [5.41, 5.74) is 8.18. The van der Waals surface area contributed by atoms with Crippen LogP contribution in [0.15, 0.2) is 24.3 Å². The van der Waals surface area contributed by atoms with Gasteiger partial charge in [0.05, 0.1) is 0 Å². The summed E-state index contributed by atoms with van der Waals surface area (Å²) in [6, 6.07) is 8.07. The first kappa shape index (κ1) is 19.9. The van der Waals surface area contributed by atoms with Gasteiger partial charge in [-0.3, -0.25) is 9.59 Å². The molecule has 2 aliphatic rings. The first-order chi connectivity index (χ1) is 13.0. The largest absolute Gasteiger partial charge is 0.334 e. The summed E-state index contributed by atoms with van der Waals surface area (Å²) < 4.78 is 0. The highest BCUT2D eigenvalue weighted by Gasteiger charge is 2.29. The molecule has 148 valence electrons. The van der Waals surface area contributed by atoms with Crippen LogP contribution in [0.5, 0.6) is 0 Å². The molecule has 0 heterocycles. The Labute approximate surface area is 162 Å². The number of nitrogens with two attached hydrogens (primary N) is 1. The second kappa shape index (κ2) is 9.36. The zero-order chi connectivity index (χ0) is 19.2. The molecule has 27 heavy (non-hydrogen) atoms. The summed E-state index contributed by atoms with van der Waals surface area (Å²) in [6.07, 6.45) is 9.81. The Balaban J connectivity index is 1.60. The standard InChI is InChI=1S/C22H33N3O2/c1-16(26)25(21-10-6-5-9-20(21)23)15-17-11-13-19(14-12-17)24-22(27)18-7-3-2-4-8-18/h11-14,18,20-21H,2-10,15,23H2,1H3,(H,24,27). The Bertz CT molecular complexity index is 637. The van der Waals surface area contributed by atoms with E-state index in [1.54, 1.807) is 6.92 Å². The van der Waals surface area contributed by atoms with Gasteiger partial charge in [-0.25, -0.2) is 0 Å². The lowest BCUT2D eigenvalue weighted by molar-refractivity contribution is -0.133. The third-order valence-electron chi connectivity index (χ3n) is 6.14. The van der Waals surface area contributed by atoms with Crippen molar-refractivity contribution in [2.24, 2.45) is 11.7 Å². The summed E-state index contributed by atoms with van der Waals surface area (Å²) in [6.45, 7) is 2.20. The van der Waals surface area contributed by atoms with E-state index in [2.05, 4.69) is 5.32 Å². The predicted octanol–water partition coefficient (Wildman–Crippen LogP) is 3.82. The van der Waals surface area contributed by atoms with Crippen LogP contribution in [-0.4, -0.2) is 28.8 Å². The molecule has 2 atom stereocenters. The Kier molecular flexibility index (Phi) is 6.89. The number of nitrogens with zero attached hydrogens (tertiary/aromatic N) is 1. The Morgan fingerprint density at radius 2 is 1.63 bits per heavy atom. The van der Waals surface area contributed by atoms with Crippen LogP contribution in [0.2, 0.25) is 0 Å². The van der Waals surface area contributed by atoms with Gasteiger partial charge < -0.3 is 16.0 Å². The van der Waals surface area contributed by atoms with Gasteiger partial charge in [0.25, 0.3) is 0 Å². The molecule has 2 fully saturated rings. The first-order valence-electron chi connectivity index (χ1n) is 10.5. The maximum Gasteiger partial charge on any atom is 0.227 e. The lowest BCUT2D eigenvalue weighted by Gasteiger charge is -2.38. The Morgan fingerprint density at radius 3 is 2.26 bits per heavy atom. The van der Waals surface area contributed by atoms with Crippen molar-refractivity contribution in [3.8, 4) is 0 Å². The average Bonchev–Trinajstić information content (AvgIpc) is 2.68. The fourth-order valence-corrected chi connectivity index (χ4v) is 4.49. The number of nitrogens with one attached hydrogen (secondary N) is 1. The zero-order valence-electron chi connectivity index (χ0n) is 16.5.